The third-order valence-electron chi connectivity index (χ3n) is 4.49. The lowest BCUT2D eigenvalue weighted by atomic mass is 9.78. The zero-order chi connectivity index (χ0) is 17.3. The maximum Gasteiger partial charge on any atom is 0.497 e. The van der Waals surface area contributed by atoms with Crippen molar-refractivity contribution in [3.8, 4) is 0 Å². The SMILES string of the molecule is C/C=S(\CCC)Nc1cccc(B2OC(C)(C)C(C)(C)O2)c1F. The van der Waals surface area contributed by atoms with Gasteiger partial charge >= 0.3 is 7.12 Å². The Morgan fingerprint density at radius 3 is 2.35 bits per heavy atom. The normalized spacial score (nSPS) is 20.7. The van der Waals surface area contributed by atoms with Crippen molar-refractivity contribution in [1.29, 1.82) is 0 Å². The van der Waals surface area contributed by atoms with Crippen molar-refractivity contribution >= 4 is 34.3 Å². The van der Waals surface area contributed by atoms with E-state index >= 15 is 0 Å². The lowest BCUT2D eigenvalue weighted by molar-refractivity contribution is 0.00578. The van der Waals surface area contributed by atoms with Crippen molar-refractivity contribution < 1.29 is 13.7 Å². The molecule has 1 N–H and O–H groups in total. The molecule has 6 heteroatoms. The van der Waals surface area contributed by atoms with Gasteiger partial charge in [-0.3, -0.25) is 0 Å². The number of hydrogen-bond donors (Lipinski definition) is 1. The molecule has 0 amide bonds. The summed E-state index contributed by atoms with van der Waals surface area (Å²) in [5.41, 5.74) is 0.00552. The molecule has 1 aromatic carbocycles. The molecule has 1 aliphatic rings. The molecule has 23 heavy (non-hydrogen) atoms. The Balaban J connectivity index is 2.28. The minimum Gasteiger partial charge on any atom is -0.399 e. The molecule has 0 saturated carbocycles. The molecule has 1 unspecified atom stereocenters. The monoisotopic (exact) mass is 339 g/mol. The summed E-state index contributed by atoms with van der Waals surface area (Å²) in [6, 6.07) is 5.34. The number of hydrogen-bond acceptors (Lipinski definition) is 3. The number of anilines is 1. The van der Waals surface area contributed by atoms with Crippen LogP contribution in [-0.4, -0.2) is 29.4 Å². The first-order valence-electron chi connectivity index (χ1n) is 8.11. The third-order valence-corrected chi connectivity index (χ3v) is 6.38. The molecule has 1 atom stereocenters. The van der Waals surface area contributed by atoms with Crippen LogP contribution in [0.2, 0.25) is 0 Å². The molecule has 1 fully saturated rings. The molecule has 0 bridgehead atoms. The van der Waals surface area contributed by atoms with E-state index < -0.39 is 18.3 Å². The van der Waals surface area contributed by atoms with Crippen LogP contribution in [0.1, 0.15) is 48.0 Å². The van der Waals surface area contributed by atoms with Gasteiger partial charge in [0.25, 0.3) is 0 Å². The van der Waals surface area contributed by atoms with Gasteiger partial charge in [-0.1, -0.05) is 19.1 Å². The highest BCUT2D eigenvalue weighted by molar-refractivity contribution is 8.16. The topological polar surface area (TPSA) is 30.5 Å². The van der Waals surface area contributed by atoms with Gasteiger partial charge in [-0.2, -0.15) is 0 Å². The van der Waals surface area contributed by atoms with E-state index in [1.54, 1.807) is 12.1 Å². The molecular weight excluding hydrogens is 312 g/mol. The van der Waals surface area contributed by atoms with Crippen molar-refractivity contribution in [3.05, 3.63) is 24.0 Å². The average Bonchev–Trinajstić information content (AvgIpc) is 2.68. The average molecular weight is 339 g/mol. The van der Waals surface area contributed by atoms with E-state index in [1.807, 2.05) is 40.7 Å². The van der Waals surface area contributed by atoms with Crippen LogP contribution in [0.25, 0.3) is 0 Å². The molecule has 0 aliphatic carbocycles. The minimum atomic E-state index is -0.680. The van der Waals surface area contributed by atoms with Crippen LogP contribution in [0, 0.1) is 5.82 Å². The summed E-state index contributed by atoms with van der Waals surface area (Å²) < 4.78 is 30.2. The molecule has 1 aromatic rings. The lowest BCUT2D eigenvalue weighted by Gasteiger charge is -2.32. The Labute approximate surface area is 142 Å². The van der Waals surface area contributed by atoms with E-state index in [-0.39, 0.29) is 16.5 Å². The lowest BCUT2D eigenvalue weighted by Crippen LogP contribution is -2.41. The number of halogens is 1. The molecule has 0 aromatic heterocycles. The summed E-state index contributed by atoms with van der Waals surface area (Å²) in [5, 5.41) is 2.09. The predicted octanol–water partition coefficient (Wildman–Crippen LogP) is 3.95. The van der Waals surface area contributed by atoms with E-state index in [0.717, 1.165) is 12.2 Å². The summed E-state index contributed by atoms with van der Waals surface area (Å²) >= 11 is 0. The van der Waals surface area contributed by atoms with Crippen LogP contribution in [0.4, 0.5) is 10.1 Å². The highest BCUT2D eigenvalue weighted by Crippen LogP contribution is 2.37. The second-order valence-corrected chi connectivity index (χ2v) is 8.71. The van der Waals surface area contributed by atoms with Crippen molar-refractivity contribution in [2.24, 2.45) is 0 Å². The van der Waals surface area contributed by atoms with Gasteiger partial charge in [-0.25, -0.2) is 4.39 Å². The fraction of sp³-hybridized carbons (Fsp3) is 0.588. The fourth-order valence-electron chi connectivity index (χ4n) is 2.37. The Morgan fingerprint density at radius 2 is 1.83 bits per heavy atom. The second-order valence-electron chi connectivity index (χ2n) is 6.77. The molecule has 2 rings (SSSR count). The number of rotatable bonds is 5. The minimum absolute atomic E-state index is 0.130. The van der Waals surface area contributed by atoms with E-state index in [4.69, 9.17) is 9.31 Å². The summed E-state index contributed by atoms with van der Waals surface area (Å²) in [7, 11) is -0.810. The smallest absolute Gasteiger partial charge is 0.399 e. The van der Waals surface area contributed by atoms with Crippen LogP contribution in [0.3, 0.4) is 0 Å². The van der Waals surface area contributed by atoms with Crippen molar-refractivity contribution in [2.75, 3.05) is 10.5 Å². The van der Waals surface area contributed by atoms with Gasteiger partial charge < -0.3 is 14.0 Å². The molecule has 128 valence electrons. The first kappa shape index (κ1) is 18.5. The Bertz CT molecular complexity index is 588. The number of benzene rings is 1. The fourth-order valence-corrected chi connectivity index (χ4v) is 3.71. The van der Waals surface area contributed by atoms with Gasteiger partial charge in [-0.05, 0) is 52.5 Å². The van der Waals surface area contributed by atoms with Crippen LogP contribution >= 0.6 is 10.7 Å². The maximum atomic E-state index is 14.9. The van der Waals surface area contributed by atoms with E-state index in [0.29, 0.717) is 11.2 Å². The standard InChI is InChI=1S/C17H27BFNO2S/c1-7-12-23(8-2)20-14-11-9-10-13(15(14)19)18-21-16(3,4)17(5,6)22-18/h8-11,20H,7,12H2,1-6H3. The summed E-state index contributed by atoms with van der Waals surface area (Å²) in [4.78, 5) is 0. The molecule has 1 aliphatic heterocycles. The first-order chi connectivity index (χ1) is 10.7. The van der Waals surface area contributed by atoms with Gasteiger partial charge in [0.2, 0.25) is 0 Å². The molecular formula is C17H27BFNO2S. The summed E-state index contributed by atoms with van der Waals surface area (Å²) in [6.07, 6.45) is 1.05. The quantitative estimate of drug-likeness (QED) is 0.651. The van der Waals surface area contributed by atoms with E-state index in [1.165, 1.54) is 0 Å². The van der Waals surface area contributed by atoms with Crippen molar-refractivity contribution in [2.45, 2.75) is 59.2 Å². The van der Waals surface area contributed by atoms with Crippen LogP contribution in [-0.2, 0) is 9.31 Å². The van der Waals surface area contributed by atoms with Gasteiger partial charge in [0.1, 0.15) is 5.82 Å². The molecule has 1 heterocycles. The second kappa shape index (κ2) is 6.95. The Hall–Kier alpha value is -0.845. The van der Waals surface area contributed by atoms with Crippen molar-refractivity contribution in [3.63, 3.8) is 0 Å². The maximum absolute atomic E-state index is 14.9. The zero-order valence-electron chi connectivity index (χ0n) is 14.9. The zero-order valence-corrected chi connectivity index (χ0v) is 15.7. The van der Waals surface area contributed by atoms with Gasteiger partial charge in [0, 0.05) is 11.2 Å². The van der Waals surface area contributed by atoms with Gasteiger partial charge in [0.15, 0.2) is 0 Å². The van der Waals surface area contributed by atoms with Gasteiger partial charge in [0.05, 0.1) is 16.9 Å². The van der Waals surface area contributed by atoms with Crippen molar-refractivity contribution in [1.82, 2.24) is 0 Å². The largest absolute Gasteiger partial charge is 0.497 e. The Kier molecular flexibility index (Phi) is 5.59. The molecule has 3 nitrogen and oxygen atoms in total. The Morgan fingerprint density at radius 1 is 1.22 bits per heavy atom. The first-order valence-corrected chi connectivity index (χ1v) is 9.57. The summed E-state index contributed by atoms with van der Waals surface area (Å²) in [6.45, 7) is 12.0. The predicted molar refractivity (Wildman–Crippen MR) is 100 cm³/mol. The third kappa shape index (κ3) is 3.81. The van der Waals surface area contributed by atoms with E-state index in [9.17, 15) is 4.39 Å². The summed E-state index contributed by atoms with van der Waals surface area (Å²) in [5.74, 6) is 0.706. The van der Waals surface area contributed by atoms with Crippen LogP contribution in [0.5, 0.6) is 0 Å². The molecule has 1 saturated heterocycles. The van der Waals surface area contributed by atoms with Gasteiger partial charge in [-0.15, -0.1) is 10.7 Å². The van der Waals surface area contributed by atoms with E-state index in [2.05, 4.69) is 17.0 Å². The molecule has 0 radical (unpaired) electrons. The number of nitrogens with one attached hydrogen (secondary N) is 1. The van der Waals surface area contributed by atoms with Crippen LogP contribution < -0.4 is 10.2 Å². The molecule has 0 spiro atoms. The van der Waals surface area contributed by atoms with Crippen LogP contribution in [0.15, 0.2) is 18.2 Å². The highest BCUT2D eigenvalue weighted by Gasteiger charge is 2.52. The highest BCUT2D eigenvalue weighted by atomic mass is 32.2.